The number of rotatable bonds is 10. The lowest BCUT2D eigenvalue weighted by Gasteiger charge is -2.25. The summed E-state index contributed by atoms with van der Waals surface area (Å²) in [6.07, 6.45) is 1.81. The Kier molecular flexibility index (Phi) is 9.47. The molecule has 0 fully saturated rings. The van der Waals surface area contributed by atoms with Crippen LogP contribution < -0.4 is 24.4 Å². The molecule has 4 aromatic carbocycles. The van der Waals surface area contributed by atoms with Crippen LogP contribution in [0, 0.1) is 0 Å². The van der Waals surface area contributed by atoms with Gasteiger partial charge in [-0.3, -0.25) is 9.36 Å². The molecule has 1 aliphatic heterocycles. The Labute approximate surface area is 275 Å². The third-order valence-electron chi connectivity index (χ3n) is 7.40. The van der Waals surface area contributed by atoms with Crippen LogP contribution in [0.5, 0.6) is 11.5 Å². The van der Waals surface area contributed by atoms with Crippen molar-refractivity contribution in [3.8, 4) is 11.5 Å². The van der Waals surface area contributed by atoms with Gasteiger partial charge in [-0.2, -0.15) is 0 Å². The van der Waals surface area contributed by atoms with Crippen molar-refractivity contribution in [2.75, 3.05) is 13.2 Å². The summed E-state index contributed by atoms with van der Waals surface area (Å²) in [7, 11) is 0. The topological polar surface area (TPSA) is 79.1 Å². The SMILES string of the molecule is CCOC(=O)C1=C(c2ccccc2)N=c2s/c(=C\c3ccc(OCc4ccccc4Cl)c(OCC)c3)c(=O)n2C1c1ccccc1. The number of fused-ring (bicyclic) bond motifs is 1. The van der Waals surface area contributed by atoms with Gasteiger partial charge >= 0.3 is 5.97 Å². The van der Waals surface area contributed by atoms with Gasteiger partial charge in [-0.25, -0.2) is 9.79 Å². The van der Waals surface area contributed by atoms with Crippen molar-refractivity contribution in [3.05, 3.63) is 156 Å². The second kappa shape index (κ2) is 14.0. The molecule has 1 unspecified atom stereocenters. The molecule has 0 bridgehead atoms. The average Bonchev–Trinajstić information content (AvgIpc) is 3.39. The first kappa shape index (κ1) is 31.1. The Morgan fingerprint density at radius 3 is 2.33 bits per heavy atom. The second-order valence-electron chi connectivity index (χ2n) is 10.4. The maximum atomic E-state index is 14.2. The molecule has 1 aliphatic rings. The standard InChI is InChI=1S/C37H31ClN2O5S/c1-3-43-30-21-24(19-20-29(30)45-23-27-17-11-12-18-28(27)38)22-31-35(41)40-34(26-15-9-6-10-16-26)32(36(42)44-4-2)33(39-37(40)46-31)25-13-7-5-8-14-25/h5-22,34H,3-4,23H2,1-2H3/b31-22-. The Morgan fingerprint density at radius 2 is 1.61 bits per heavy atom. The maximum Gasteiger partial charge on any atom is 0.338 e. The quantitative estimate of drug-likeness (QED) is 0.160. The van der Waals surface area contributed by atoms with E-state index < -0.39 is 12.0 Å². The summed E-state index contributed by atoms with van der Waals surface area (Å²) in [6.45, 7) is 4.57. The number of benzene rings is 4. The summed E-state index contributed by atoms with van der Waals surface area (Å²) in [5, 5.41) is 0.628. The van der Waals surface area contributed by atoms with Crippen molar-refractivity contribution < 1.29 is 19.0 Å². The molecule has 0 radical (unpaired) electrons. The van der Waals surface area contributed by atoms with Gasteiger partial charge in [0.1, 0.15) is 6.61 Å². The monoisotopic (exact) mass is 650 g/mol. The van der Waals surface area contributed by atoms with E-state index in [0.717, 1.165) is 22.3 Å². The summed E-state index contributed by atoms with van der Waals surface area (Å²) in [6, 6.07) is 31.3. The Bertz CT molecular complexity index is 2090. The number of hydrogen-bond acceptors (Lipinski definition) is 7. The van der Waals surface area contributed by atoms with E-state index in [1.165, 1.54) is 11.3 Å². The van der Waals surface area contributed by atoms with E-state index >= 15 is 0 Å². The van der Waals surface area contributed by atoms with E-state index in [-0.39, 0.29) is 18.8 Å². The van der Waals surface area contributed by atoms with Gasteiger partial charge in [-0.1, -0.05) is 108 Å². The van der Waals surface area contributed by atoms with E-state index in [0.29, 0.717) is 43.7 Å². The second-order valence-corrected chi connectivity index (χ2v) is 11.8. The van der Waals surface area contributed by atoms with E-state index in [1.807, 2.05) is 116 Å². The molecule has 9 heteroatoms. The minimum atomic E-state index is -0.728. The van der Waals surface area contributed by atoms with Crippen molar-refractivity contribution in [1.82, 2.24) is 4.57 Å². The number of nitrogens with zero attached hydrogens (tertiary/aromatic N) is 2. The lowest BCUT2D eigenvalue weighted by molar-refractivity contribution is -0.138. The lowest BCUT2D eigenvalue weighted by atomic mass is 9.93. The van der Waals surface area contributed by atoms with Gasteiger partial charge in [-0.15, -0.1) is 0 Å². The van der Waals surface area contributed by atoms with Crippen LogP contribution in [0.15, 0.2) is 118 Å². The van der Waals surface area contributed by atoms with Crippen molar-refractivity contribution in [3.63, 3.8) is 0 Å². The van der Waals surface area contributed by atoms with Crippen molar-refractivity contribution in [2.45, 2.75) is 26.5 Å². The zero-order chi connectivity index (χ0) is 32.0. The van der Waals surface area contributed by atoms with Crippen molar-refractivity contribution in [2.24, 2.45) is 4.99 Å². The first-order chi connectivity index (χ1) is 22.5. The normalized spacial score (nSPS) is 14.4. The Morgan fingerprint density at radius 1 is 0.891 bits per heavy atom. The summed E-state index contributed by atoms with van der Waals surface area (Å²) < 4.78 is 19.6. The fourth-order valence-electron chi connectivity index (χ4n) is 5.32. The van der Waals surface area contributed by atoms with Crippen LogP contribution in [0.4, 0.5) is 0 Å². The first-order valence-corrected chi connectivity index (χ1v) is 16.1. The van der Waals surface area contributed by atoms with E-state index in [1.54, 1.807) is 11.5 Å². The van der Waals surface area contributed by atoms with Crippen LogP contribution in [-0.2, 0) is 16.1 Å². The molecule has 2 heterocycles. The number of carbonyl (C=O) groups excluding carboxylic acids is 1. The highest BCUT2D eigenvalue weighted by molar-refractivity contribution is 7.07. The molecule has 0 amide bonds. The van der Waals surface area contributed by atoms with Gasteiger partial charge in [0, 0.05) is 16.1 Å². The van der Waals surface area contributed by atoms with Gasteiger partial charge in [-0.05, 0) is 49.2 Å². The fourth-order valence-corrected chi connectivity index (χ4v) is 6.51. The van der Waals surface area contributed by atoms with Crippen LogP contribution in [0.25, 0.3) is 11.8 Å². The highest BCUT2D eigenvalue weighted by Crippen LogP contribution is 2.35. The minimum Gasteiger partial charge on any atom is -0.490 e. The summed E-state index contributed by atoms with van der Waals surface area (Å²) >= 11 is 7.59. The molecule has 0 aliphatic carbocycles. The predicted molar refractivity (Wildman–Crippen MR) is 181 cm³/mol. The van der Waals surface area contributed by atoms with Gasteiger partial charge in [0.15, 0.2) is 16.3 Å². The van der Waals surface area contributed by atoms with Crippen LogP contribution in [-0.4, -0.2) is 23.8 Å². The molecule has 7 nitrogen and oxygen atoms in total. The summed E-state index contributed by atoms with van der Waals surface area (Å²) in [4.78, 5) is 33.2. The number of aromatic nitrogens is 1. The maximum absolute atomic E-state index is 14.2. The van der Waals surface area contributed by atoms with Crippen molar-refractivity contribution in [1.29, 1.82) is 0 Å². The summed E-state index contributed by atoms with van der Waals surface area (Å²) in [5.41, 5.74) is 3.70. The molecule has 0 saturated heterocycles. The van der Waals surface area contributed by atoms with Crippen LogP contribution >= 0.6 is 22.9 Å². The highest BCUT2D eigenvalue weighted by atomic mass is 35.5. The molecule has 0 saturated carbocycles. The van der Waals surface area contributed by atoms with E-state index in [4.69, 9.17) is 30.8 Å². The molecule has 5 aromatic rings. The zero-order valence-electron chi connectivity index (χ0n) is 25.3. The molecule has 0 N–H and O–H groups in total. The highest BCUT2D eigenvalue weighted by Gasteiger charge is 2.35. The summed E-state index contributed by atoms with van der Waals surface area (Å²) in [5.74, 6) is 0.604. The van der Waals surface area contributed by atoms with Gasteiger partial charge in [0.25, 0.3) is 5.56 Å². The molecule has 232 valence electrons. The third-order valence-corrected chi connectivity index (χ3v) is 8.75. The van der Waals surface area contributed by atoms with Crippen LogP contribution in [0.3, 0.4) is 0 Å². The minimum absolute atomic E-state index is 0.191. The van der Waals surface area contributed by atoms with Crippen LogP contribution in [0.2, 0.25) is 5.02 Å². The Balaban J connectivity index is 1.47. The van der Waals surface area contributed by atoms with Crippen LogP contribution in [0.1, 0.15) is 42.1 Å². The van der Waals surface area contributed by atoms with E-state index in [2.05, 4.69) is 0 Å². The molecule has 0 spiro atoms. The third kappa shape index (κ3) is 6.40. The molecular formula is C37H31ClN2O5S. The fraction of sp³-hybridized carbons (Fsp3) is 0.162. The van der Waals surface area contributed by atoms with E-state index in [9.17, 15) is 9.59 Å². The van der Waals surface area contributed by atoms with Gasteiger partial charge < -0.3 is 14.2 Å². The largest absolute Gasteiger partial charge is 0.490 e. The number of carbonyl (C=O) groups is 1. The predicted octanol–water partition coefficient (Wildman–Crippen LogP) is 6.57. The first-order valence-electron chi connectivity index (χ1n) is 14.9. The number of thiazole rings is 1. The molecule has 1 atom stereocenters. The zero-order valence-corrected chi connectivity index (χ0v) is 26.9. The van der Waals surface area contributed by atoms with Gasteiger partial charge in [0.05, 0.1) is 35.1 Å². The number of ether oxygens (including phenoxy) is 3. The number of halogens is 1. The van der Waals surface area contributed by atoms with Gasteiger partial charge in [0.2, 0.25) is 0 Å². The Hall–Kier alpha value is -4.92. The van der Waals surface area contributed by atoms with Crippen molar-refractivity contribution >= 4 is 40.7 Å². The smallest absolute Gasteiger partial charge is 0.338 e. The average molecular weight is 651 g/mol. The molecular weight excluding hydrogens is 620 g/mol. The lowest BCUT2D eigenvalue weighted by Crippen LogP contribution is -2.39. The molecule has 46 heavy (non-hydrogen) atoms. The number of hydrogen-bond donors (Lipinski definition) is 0. The molecule has 6 rings (SSSR count). The molecule has 1 aromatic heterocycles. The number of esters is 1.